The third-order valence-corrected chi connectivity index (χ3v) is 5.54. The zero-order chi connectivity index (χ0) is 15.7. The maximum Gasteiger partial charge on any atom is 0.240 e. The molecule has 0 aliphatic carbocycles. The molecule has 3 rings (SSSR count). The number of rotatable bonds is 4. The van der Waals surface area contributed by atoms with E-state index in [2.05, 4.69) is 10.0 Å². The molecule has 2 heterocycles. The van der Waals surface area contributed by atoms with Crippen molar-refractivity contribution < 1.29 is 13.2 Å². The van der Waals surface area contributed by atoms with Gasteiger partial charge in [-0.15, -0.1) is 12.4 Å². The zero-order valence-electron chi connectivity index (χ0n) is 12.8. The standard InChI is InChI=1S/C15H19ClN2O3S.ClH/c1-10-6-12-7-13(8-14(16)15(12)21-10)22(19,20)18-9-11-2-4-17-5-3-11;/h2,7-8,10,17-18H,3-6,9H2,1H3;1H. The van der Waals surface area contributed by atoms with E-state index in [0.717, 1.165) is 30.6 Å². The first-order chi connectivity index (χ1) is 10.5. The van der Waals surface area contributed by atoms with Crippen LogP contribution in [0.15, 0.2) is 28.7 Å². The first kappa shape index (κ1) is 18.5. The second kappa shape index (κ2) is 7.40. The molecule has 0 spiro atoms. The summed E-state index contributed by atoms with van der Waals surface area (Å²) in [7, 11) is -3.57. The Kier molecular flexibility index (Phi) is 5.97. The lowest BCUT2D eigenvalue weighted by atomic mass is 10.1. The molecule has 0 saturated heterocycles. The summed E-state index contributed by atoms with van der Waals surface area (Å²) in [5, 5.41) is 3.55. The van der Waals surface area contributed by atoms with Gasteiger partial charge in [0.05, 0.1) is 9.92 Å². The normalized spacial score (nSPS) is 20.3. The van der Waals surface area contributed by atoms with Gasteiger partial charge < -0.3 is 10.1 Å². The minimum atomic E-state index is -3.57. The van der Waals surface area contributed by atoms with Gasteiger partial charge in [0.15, 0.2) is 0 Å². The molecule has 0 saturated carbocycles. The Morgan fingerprint density at radius 2 is 2.22 bits per heavy atom. The number of fused-ring (bicyclic) bond motifs is 1. The SMILES string of the molecule is CC1Cc2cc(S(=O)(=O)NCC3=CCNCC3)cc(Cl)c2O1.Cl. The molecule has 2 N–H and O–H groups in total. The molecule has 0 amide bonds. The van der Waals surface area contributed by atoms with E-state index >= 15 is 0 Å². The van der Waals surface area contributed by atoms with Gasteiger partial charge in [-0.25, -0.2) is 13.1 Å². The van der Waals surface area contributed by atoms with E-state index in [9.17, 15) is 8.42 Å². The number of sulfonamides is 1. The Hall–Kier alpha value is -0.790. The van der Waals surface area contributed by atoms with Crippen LogP contribution in [-0.4, -0.2) is 34.2 Å². The average molecular weight is 379 g/mol. The first-order valence-electron chi connectivity index (χ1n) is 7.33. The second-order valence-corrected chi connectivity index (χ2v) is 7.84. The van der Waals surface area contributed by atoms with Crippen LogP contribution >= 0.6 is 24.0 Å². The Morgan fingerprint density at radius 3 is 2.91 bits per heavy atom. The minimum Gasteiger partial charge on any atom is -0.489 e. The van der Waals surface area contributed by atoms with Crippen LogP contribution in [0.25, 0.3) is 0 Å². The fraction of sp³-hybridized carbons (Fsp3) is 0.467. The summed E-state index contributed by atoms with van der Waals surface area (Å²) in [6.45, 7) is 3.95. The average Bonchev–Trinajstić information content (AvgIpc) is 2.87. The first-order valence-corrected chi connectivity index (χ1v) is 9.19. The summed E-state index contributed by atoms with van der Waals surface area (Å²) in [6.07, 6.45) is 3.59. The fourth-order valence-corrected chi connectivity index (χ4v) is 4.18. The Labute approximate surface area is 147 Å². The highest BCUT2D eigenvalue weighted by Crippen LogP contribution is 2.37. The molecule has 0 aromatic heterocycles. The van der Waals surface area contributed by atoms with Gasteiger partial charge in [0, 0.05) is 25.1 Å². The molecule has 0 fully saturated rings. The van der Waals surface area contributed by atoms with E-state index in [1.54, 1.807) is 6.07 Å². The van der Waals surface area contributed by atoms with Crippen LogP contribution in [0.5, 0.6) is 5.75 Å². The number of hydrogen-bond acceptors (Lipinski definition) is 4. The third-order valence-electron chi connectivity index (χ3n) is 3.88. The van der Waals surface area contributed by atoms with E-state index in [0.29, 0.717) is 23.7 Å². The van der Waals surface area contributed by atoms with Crippen LogP contribution in [0.2, 0.25) is 5.02 Å². The summed E-state index contributed by atoms with van der Waals surface area (Å²) in [6, 6.07) is 3.11. The largest absolute Gasteiger partial charge is 0.489 e. The molecular formula is C15H20Cl2N2O3S. The number of ether oxygens (including phenoxy) is 1. The number of benzene rings is 1. The summed E-state index contributed by atoms with van der Waals surface area (Å²) in [5.41, 5.74) is 1.95. The Bertz CT molecular complexity index is 720. The summed E-state index contributed by atoms with van der Waals surface area (Å²) < 4.78 is 33.2. The van der Waals surface area contributed by atoms with Crippen molar-refractivity contribution in [2.75, 3.05) is 19.6 Å². The fourth-order valence-electron chi connectivity index (χ4n) is 2.72. The maximum absolute atomic E-state index is 12.5. The van der Waals surface area contributed by atoms with Crippen molar-refractivity contribution >= 4 is 34.0 Å². The highest BCUT2D eigenvalue weighted by molar-refractivity contribution is 7.89. The van der Waals surface area contributed by atoms with Crippen LogP contribution in [0.3, 0.4) is 0 Å². The molecule has 0 radical (unpaired) electrons. The summed E-state index contributed by atoms with van der Waals surface area (Å²) in [5.74, 6) is 0.606. The van der Waals surface area contributed by atoms with Crippen LogP contribution in [0, 0.1) is 0 Å². The van der Waals surface area contributed by atoms with Crippen molar-refractivity contribution in [2.45, 2.75) is 30.8 Å². The van der Waals surface area contributed by atoms with Gasteiger partial charge in [-0.05, 0) is 32.0 Å². The quantitative estimate of drug-likeness (QED) is 0.788. The second-order valence-electron chi connectivity index (χ2n) is 5.67. The molecule has 5 nitrogen and oxygen atoms in total. The number of nitrogens with one attached hydrogen (secondary N) is 2. The molecule has 128 valence electrons. The molecule has 0 bridgehead atoms. The Balaban J connectivity index is 0.00000192. The van der Waals surface area contributed by atoms with E-state index in [1.165, 1.54) is 6.07 Å². The molecule has 1 aromatic carbocycles. The van der Waals surface area contributed by atoms with Gasteiger partial charge in [-0.3, -0.25) is 0 Å². The zero-order valence-corrected chi connectivity index (χ0v) is 15.2. The van der Waals surface area contributed by atoms with Gasteiger partial charge in [-0.1, -0.05) is 23.3 Å². The predicted octanol–water partition coefficient (Wildman–Crippen LogP) is 2.28. The molecule has 1 aromatic rings. The van der Waals surface area contributed by atoms with Gasteiger partial charge in [-0.2, -0.15) is 0 Å². The predicted molar refractivity (Wildman–Crippen MR) is 93.3 cm³/mol. The van der Waals surface area contributed by atoms with Crippen LogP contribution < -0.4 is 14.8 Å². The van der Waals surface area contributed by atoms with Crippen molar-refractivity contribution in [1.82, 2.24) is 10.0 Å². The lowest BCUT2D eigenvalue weighted by Crippen LogP contribution is -2.29. The number of hydrogen-bond donors (Lipinski definition) is 2. The molecule has 1 atom stereocenters. The highest BCUT2D eigenvalue weighted by atomic mass is 35.5. The smallest absolute Gasteiger partial charge is 0.240 e. The van der Waals surface area contributed by atoms with Crippen LogP contribution in [0.1, 0.15) is 18.9 Å². The van der Waals surface area contributed by atoms with Crippen molar-refractivity contribution in [3.63, 3.8) is 0 Å². The topological polar surface area (TPSA) is 67.4 Å². The van der Waals surface area contributed by atoms with Crippen LogP contribution in [0.4, 0.5) is 0 Å². The number of halogens is 2. The van der Waals surface area contributed by atoms with Crippen molar-refractivity contribution in [3.8, 4) is 5.75 Å². The van der Waals surface area contributed by atoms with E-state index in [-0.39, 0.29) is 23.4 Å². The van der Waals surface area contributed by atoms with Crippen molar-refractivity contribution in [1.29, 1.82) is 0 Å². The van der Waals surface area contributed by atoms with E-state index < -0.39 is 10.0 Å². The van der Waals surface area contributed by atoms with Crippen LogP contribution in [-0.2, 0) is 16.4 Å². The lowest BCUT2D eigenvalue weighted by Gasteiger charge is -2.15. The Morgan fingerprint density at radius 1 is 1.43 bits per heavy atom. The molecule has 2 aliphatic rings. The van der Waals surface area contributed by atoms with Crippen molar-refractivity contribution in [2.24, 2.45) is 0 Å². The minimum absolute atomic E-state index is 0. The molecule has 2 aliphatic heterocycles. The van der Waals surface area contributed by atoms with E-state index in [4.69, 9.17) is 16.3 Å². The molecule has 8 heteroatoms. The lowest BCUT2D eigenvalue weighted by molar-refractivity contribution is 0.255. The molecule has 1 unspecified atom stereocenters. The van der Waals surface area contributed by atoms with E-state index in [1.807, 2.05) is 13.0 Å². The molecular weight excluding hydrogens is 359 g/mol. The highest BCUT2D eigenvalue weighted by Gasteiger charge is 2.26. The van der Waals surface area contributed by atoms with Gasteiger partial charge in [0.2, 0.25) is 10.0 Å². The summed E-state index contributed by atoms with van der Waals surface area (Å²) >= 11 is 6.16. The van der Waals surface area contributed by atoms with Crippen molar-refractivity contribution in [3.05, 3.63) is 34.4 Å². The third kappa shape index (κ3) is 4.19. The summed E-state index contributed by atoms with van der Waals surface area (Å²) in [4.78, 5) is 0.198. The van der Waals surface area contributed by atoms with Gasteiger partial charge in [0.25, 0.3) is 0 Å². The maximum atomic E-state index is 12.5. The monoisotopic (exact) mass is 378 g/mol. The van der Waals surface area contributed by atoms with Gasteiger partial charge in [0.1, 0.15) is 11.9 Å². The van der Waals surface area contributed by atoms with Gasteiger partial charge >= 0.3 is 0 Å². The molecule has 23 heavy (non-hydrogen) atoms.